The Balaban J connectivity index is 2.09. The molecule has 1 aromatic carbocycles. The number of nitrogens with zero attached hydrogens (tertiary/aromatic N) is 1. The minimum atomic E-state index is 0.413. The molecule has 0 saturated heterocycles. The van der Waals surface area contributed by atoms with Crippen LogP contribution in [0.2, 0.25) is 0 Å². The Bertz CT molecular complexity index is 367. The van der Waals surface area contributed by atoms with Crippen molar-refractivity contribution in [3.63, 3.8) is 0 Å². The topological polar surface area (TPSA) is 15.3 Å². The summed E-state index contributed by atoms with van der Waals surface area (Å²) >= 11 is 0. The lowest BCUT2D eigenvalue weighted by Gasteiger charge is -2.41. The summed E-state index contributed by atoms with van der Waals surface area (Å²) in [6.45, 7) is 4.47. The van der Waals surface area contributed by atoms with E-state index < -0.39 is 0 Å². The van der Waals surface area contributed by atoms with Gasteiger partial charge in [0.2, 0.25) is 0 Å². The van der Waals surface area contributed by atoms with E-state index in [1.165, 1.54) is 30.4 Å². The van der Waals surface area contributed by atoms with Crippen LogP contribution in [0, 0.1) is 6.92 Å². The van der Waals surface area contributed by atoms with E-state index in [0.29, 0.717) is 12.1 Å². The molecule has 1 aromatic rings. The molecule has 2 unspecified atom stereocenters. The number of likely N-dealkylation sites (N-methyl/N-ethyl adjacent to an activating group) is 2. The van der Waals surface area contributed by atoms with Gasteiger partial charge in [0.1, 0.15) is 0 Å². The van der Waals surface area contributed by atoms with Crippen LogP contribution >= 0.6 is 0 Å². The van der Waals surface area contributed by atoms with E-state index in [0.717, 1.165) is 6.04 Å². The van der Waals surface area contributed by atoms with Crippen molar-refractivity contribution >= 4 is 0 Å². The van der Waals surface area contributed by atoms with Crippen molar-refractivity contribution in [1.29, 1.82) is 0 Å². The van der Waals surface area contributed by atoms with Crippen molar-refractivity contribution in [3.8, 4) is 0 Å². The van der Waals surface area contributed by atoms with Crippen LogP contribution in [0.3, 0.4) is 0 Å². The molecule has 100 valence electrons. The molecule has 0 bridgehead atoms. The van der Waals surface area contributed by atoms with Crippen LogP contribution < -0.4 is 5.32 Å². The molecule has 2 heteroatoms. The van der Waals surface area contributed by atoms with Crippen molar-refractivity contribution in [2.75, 3.05) is 14.1 Å². The average Bonchev–Trinajstić information content (AvgIpc) is 2.30. The standard InChI is InChI=1S/C16H26N2/c1-12-8-10-14(11-9-12)16(17-3)13(2)18(4)15-6-5-7-15/h8-11,13,15-17H,5-7H2,1-4H3. The SMILES string of the molecule is CNC(c1ccc(C)cc1)C(C)N(C)C1CCC1. The molecule has 0 spiro atoms. The molecule has 1 saturated carbocycles. The molecule has 0 amide bonds. The molecule has 1 fully saturated rings. The van der Waals surface area contributed by atoms with Crippen LogP contribution in [-0.4, -0.2) is 31.1 Å². The summed E-state index contributed by atoms with van der Waals surface area (Å²) in [6, 6.07) is 10.6. The fraction of sp³-hybridized carbons (Fsp3) is 0.625. The maximum atomic E-state index is 3.48. The molecule has 0 aliphatic heterocycles. The van der Waals surface area contributed by atoms with E-state index >= 15 is 0 Å². The van der Waals surface area contributed by atoms with Gasteiger partial charge in [0.05, 0.1) is 0 Å². The first kappa shape index (κ1) is 13.6. The molecule has 1 N–H and O–H groups in total. The summed E-state index contributed by atoms with van der Waals surface area (Å²) < 4.78 is 0. The Morgan fingerprint density at radius 3 is 2.28 bits per heavy atom. The van der Waals surface area contributed by atoms with E-state index in [-0.39, 0.29) is 0 Å². The molecule has 1 aliphatic carbocycles. The van der Waals surface area contributed by atoms with Gasteiger partial charge in [0.15, 0.2) is 0 Å². The number of rotatable bonds is 5. The van der Waals surface area contributed by atoms with Crippen LogP contribution in [0.15, 0.2) is 24.3 Å². The first-order valence-corrected chi connectivity index (χ1v) is 7.09. The summed E-state index contributed by atoms with van der Waals surface area (Å²) in [6.07, 6.45) is 4.13. The molecule has 2 atom stereocenters. The third-order valence-corrected chi connectivity index (χ3v) is 4.52. The van der Waals surface area contributed by atoms with E-state index in [1.807, 2.05) is 0 Å². The van der Waals surface area contributed by atoms with E-state index in [4.69, 9.17) is 0 Å². The molecule has 2 rings (SSSR count). The zero-order valence-corrected chi connectivity index (χ0v) is 12.1. The second kappa shape index (κ2) is 5.85. The van der Waals surface area contributed by atoms with E-state index in [9.17, 15) is 0 Å². The Kier molecular flexibility index (Phi) is 4.41. The van der Waals surface area contributed by atoms with Gasteiger partial charge in [-0.05, 0) is 46.3 Å². The van der Waals surface area contributed by atoms with Crippen LogP contribution in [0.5, 0.6) is 0 Å². The third-order valence-electron chi connectivity index (χ3n) is 4.52. The van der Waals surface area contributed by atoms with Gasteiger partial charge < -0.3 is 5.32 Å². The number of hydrogen-bond donors (Lipinski definition) is 1. The van der Waals surface area contributed by atoms with Gasteiger partial charge in [-0.1, -0.05) is 36.2 Å². The summed E-state index contributed by atoms with van der Waals surface area (Å²) in [5, 5.41) is 3.48. The van der Waals surface area contributed by atoms with Gasteiger partial charge in [-0.25, -0.2) is 0 Å². The molecule has 0 heterocycles. The normalized spacial score (nSPS) is 19.6. The van der Waals surface area contributed by atoms with Gasteiger partial charge in [0.25, 0.3) is 0 Å². The van der Waals surface area contributed by atoms with Gasteiger partial charge in [-0.3, -0.25) is 4.90 Å². The lowest BCUT2D eigenvalue weighted by atomic mass is 9.89. The molecule has 18 heavy (non-hydrogen) atoms. The highest BCUT2D eigenvalue weighted by molar-refractivity contribution is 5.25. The minimum absolute atomic E-state index is 0.413. The molecular formula is C16H26N2. The summed E-state index contributed by atoms with van der Waals surface area (Å²) in [7, 11) is 4.34. The zero-order valence-electron chi connectivity index (χ0n) is 12.1. The maximum Gasteiger partial charge on any atom is 0.0473 e. The molecule has 0 aromatic heterocycles. The average molecular weight is 246 g/mol. The zero-order chi connectivity index (χ0) is 13.1. The van der Waals surface area contributed by atoms with Crippen molar-refractivity contribution in [3.05, 3.63) is 35.4 Å². The van der Waals surface area contributed by atoms with Crippen LogP contribution in [0.4, 0.5) is 0 Å². The maximum absolute atomic E-state index is 3.48. The third kappa shape index (κ3) is 2.76. The van der Waals surface area contributed by atoms with Crippen LogP contribution in [-0.2, 0) is 0 Å². The predicted molar refractivity (Wildman–Crippen MR) is 77.8 cm³/mol. The Morgan fingerprint density at radius 1 is 1.22 bits per heavy atom. The molecular weight excluding hydrogens is 220 g/mol. The highest BCUT2D eigenvalue weighted by Gasteiger charge is 2.29. The minimum Gasteiger partial charge on any atom is -0.312 e. The van der Waals surface area contributed by atoms with Crippen LogP contribution in [0.25, 0.3) is 0 Å². The monoisotopic (exact) mass is 246 g/mol. The lowest BCUT2D eigenvalue weighted by molar-refractivity contribution is 0.0977. The number of nitrogens with one attached hydrogen (secondary N) is 1. The molecule has 0 radical (unpaired) electrons. The summed E-state index contributed by atoms with van der Waals surface area (Å²) in [5.41, 5.74) is 2.72. The van der Waals surface area contributed by atoms with Crippen LogP contribution in [0.1, 0.15) is 43.4 Å². The lowest BCUT2D eigenvalue weighted by Crippen LogP contribution is -2.47. The second-order valence-electron chi connectivity index (χ2n) is 5.67. The highest BCUT2D eigenvalue weighted by Crippen LogP contribution is 2.29. The Hall–Kier alpha value is -0.860. The smallest absolute Gasteiger partial charge is 0.0473 e. The summed E-state index contributed by atoms with van der Waals surface area (Å²) in [4.78, 5) is 2.55. The Morgan fingerprint density at radius 2 is 1.83 bits per heavy atom. The van der Waals surface area contributed by atoms with Crippen molar-refractivity contribution in [1.82, 2.24) is 10.2 Å². The van der Waals surface area contributed by atoms with Crippen molar-refractivity contribution in [2.24, 2.45) is 0 Å². The first-order valence-electron chi connectivity index (χ1n) is 7.09. The fourth-order valence-corrected chi connectivity index (χ4v) is 2.82. The Labute approximate surface area is 111 Å². The fourth-order valence-electron chi connectivity index (χ4n) is 2.82. The predicted octanol–water partition coefficient (Wildman–Crippen LogP) is 3.13. The number of benzene rings is 1. The van der Waals surface area contributed by atoms with E-state index in [2.05, 4.69) is 62.4 Å². The van der Waals surface area contributed by atoms with E-state index in [1.54, 1.807) is 0 Å². The first-order chi connectivity index (χ1) is 8.63. The quantitative estimate of drug-likeness (QED) is 0.858. The molecule has 2 nitrogen and oxygen atoms in total. The van der Waals surface area contributed by atoms with Crippen molar-refractivity contribution < 1.29 is 0 Å². The van der Waals surface area contributed by atoms with Gasteiger partial charge in [-0.15, -0.1) is 0 Å². The number of hydrogen-bond acceptors (Lipinski definition) is 2. The summed E-state index contributed by atoms with van der Waals surface area (Å²) in [5.74, 6) is 0. The second-order valence-corrected chi connectivity index (χ2v) is 5.67. The van der Waals surface area contributed by atoms with Gasteiger partial charge >= 0.3 is 0 Å². The van der Waals surface area contributed by atoms with Crippen molar-refractivity contribution in [2.45, 2.75) is 51.2 Å². The van der Waals surface area contributed by atoms with Gasteiger partial charge in [0, 0.05) is 18.1 Å². The molecule has 1 aliphatic rings. The highest BCUT2D eigenvalue weighted by atomic mass is 15.2. The number of aryl methyl sites for hydroxylation is 1. The van der Waals surface area contributed by atoms with Gasteiger partial charge in [-0.2, -0.15) is 0 Å². The largest absolute Gasteiger partial charge is 0.312 e.